The highest BCUT2D eigenvalue weighted by molar-refractivity contribution is 5.98. The van der Waals surface area contributed by atoms with Gasteiger partial charge >= 0.3 is 0 Å². The highest BCUT2D eigenvalue weighted by atomic mass is 16.5. The average molecular weight is 550 g/mol. The van der Waals surface area contributed by atoms with Gasteiger partial charge in [0, 0.05) is 49.7 Å². The molecule has 40 heavy (non-hydrogen) atoms. The van der Waals surface area contributed by atoms with Crippen LogP contribution in [0.15, 0.2) is 70.9 Å². The van der Waals surface area contributed by atoms with E-state index in [0.29, 0.717) is 56.7 Å². The number of aromatic nitrogens is 2. The first-order valence-electron chi connectivity index (χ1n) is 13.7. The van der Waals surface area contributed by atoms with Crippen LogP contribution in [0.25, 0.3) is 0 Å². The molecule has 0 fully saturated rings. The van der Waals surface area contributed by atoms with Crippen LogP contribution in [0.3, 0.4) is 0 Å². The van der Waals surface area contributed by atoms with E-state index in [-0.39, 0.29) is 0 Å². The van der Waals surface area contributed by atoms with Gasteiger partial charge in [0.2, 0.25) is 5.62 Å². The van der Waals surface area contributed by atoms with Crippen LogP contribution in [0.5, 0.6) is 11.5 Å². The number of likely N-dealkylation sites (N-methyl/N-ethyl adjacent to an activating group) is 2. The number of benzene rings is 2. The minimum Gasteiger partial charge on any atom is -0.494 e. The van der Waals surface area contributed by atoms with Gasteiger partial charge in [-0.05, 0) is 75.5 Å². The van der Waals surface area contributed by atoms with Gasteiger partial charge in [-0.3, -0.25) is 15.4 Å². The smallest absolute Gasteiger partial charge is 0.202 e. The molecule has 1 aromatic heterocycles. The number of rotatable bonds is 18. The first-order valence-corrected chi connectivity index (χ1v) is 13.7. The van der Waals surface area contributed by atoms with Crippen LogP contribution in [0, 0.1) is 5.41 Å². The zero-order valence-electron chi connectivity index (χ0n) is 23.6. The molecule has 0 aliphatic heterocycles. The first-order chi connectivity index (χ1) is 19.5. The van der Waals surface area contributed by atoms with Crippen molar-refractivity contribution >= 4 is 11.7 Å². The van der Waals surface area contributed by atoms with Gasteiger partial charge in [-0.2, -0.15) is 0 Å². The lowest BCUT2D eigenvalue weighted by Crippen LogP contribution is -2.25. The summed E-state index contributed by atoms with van der Waals surface area (Å²) >= 11 is 0. The maximum atomic E-state index is 8.46. The number of hydrogen-bond acceptors (Lipinski definition) is 7. The topological polar surface area (TPSA) is 153 Å². The Labute approximate surface area is 236 Å². The van der Waals surface area contributed by atoms with E-state index >= 15 is 0 Å². The summed E-state index contributed by atoms with van der Waals surface area (Å²) in [5.74, 6) is 2.63. The van der Waals surface area contributed by atoms with E-state index < -0.39 is 0 Å². The van der Waals surface area contributed by atoms with Gasteiger partial charge < -0.3 is 40.7 Å². The lowest BCUT2D eigenvalue weighted by atomic mass is 10.2. The van der Waals surface area contributed by atoms with Gasteiger partial charge in [0.25, 0.3) is 0 Å². The molecule has 2 aromatic carbocycles. The van der Waals surface area contributed by atoms with Gasteiger partial charge in [0.05, 0.1) is 26.3 Å². The Morgan fingerprint density at radius 1 is 0.725 bits per heavy atom. The van der Waals surface area contributed by atoms with E-state index in [4.69, 9.17) is 26.4 Å². The minimum atomic E-state index is 0.467. The molecule has 216 valence electrons. The molecule has 0 bridgehead atoms. The van der Waals surface area contributed by atoms with E-state index in [1.54, 1.807) is 0 Å². The Balaban J connectivity index is 1.35. The second-order valence-corrected chi connectivity index (χ2v) is 9.20. The summed E-state index contributed by atoms with van der Waals surface area (Å²) < 4.78 is 15.6. The summed E-state index contributed by atoms with van der Waals surface area (Å²) in [7, 11) is 3.77. The summed E-state index contributed by atoms with van der Waals surface area (Å²) in [6.07, 6.45) is 5.46. The average Bonchev–Trinajstić information content (AvgIpc) is 3.32. The van der Waals surface area contributed by atoms with Gasteiger partial charge in [0.1, 0.15) is 23.2 Å². The van der Waals surface area contributed by atoms with Gasteiger partial charge in [-0.15, -0.1) is 0 Å². The van der Waals surface area contributed by atoms with Crippen LogP contribution >= 0.6 is 0 Å². The summed E-state index contributed by atoms with van der Waals surface area (Å²) in [6.45, 7) is 5.40. The highest BCUT2D eigenvalue weighted by Crippen LogP contribution is 2.13. The fourth-order valence-corrected chi connectivity index (χ4v) is 3.88. The number of hydrogen-bond donors (Lipinski definition) is 5. The molecule has 0 saturated carbocycles. The summed E-state index contributed by atoms with van der Waals surface area (Å²) in [5.41, 5.74) is 14.3. The monoisotopic (exact) mass is 549 g/mol. The first kappa shape index (κ1) is 30.5. The van der Waals surface area contributed by atoms with Crippen molar-refractivity contribution in [1.82, 2.24) is 19.8 Å². The number of ether oxygens (including phenoxy) is 2. The SMILES string of the molecule is CNCCN=C(N)c1ccc(OCCCn2ccn(CCCOc3ccc(C(N)=NCCNC)cc3)c2=N)cc1. The van der Waals surface area contributed by atoms with Crippen molar-refractivity contribution in [3.63, 3.8) is 0 Å². The van der Waals surface area contributed by atoms with Crippen molar-refractivity contribution in [3.05, 3.63) is 77.7 Å². The molecular formula is C29H43N9O2. The van der Waals surface area contributed by atoms with Gasteiger partial charge in [-0.25, -0.2) is 0 Å². The molecule has 0 aliphatic carbocycles. The molecule has 1 heterocycles. The zero-order chi connectivity index (χ0) is 28.6. The van der Waals surface area contributed by atoms with Gasteiger partial charge in [0.15, 0.2) is 0 Å². The van der Waals surface area contributed by atoms with Crippen molar-refractivity contribution in [2.24, 2.45) is 21.5 Å². The number of aryl methyl sites for hydroxylation is 2. The van der Waals surface area contributed by atoms with Crippen LogP contribution in [0.2, 0.25) is 0 Å². The molecule has 0 atom stereocenters. The summed E-state index contributed by atoms with van der Waals surface area (Å²) in [5, 5.41) is 14.6. The molecule has 3 aromatic rings. The van der Waals surface area contributed by atoms with Crippen molar-refractivity contribution < 1.29 is 9.47 Å². The van der Waals surface area contributed by atoms with Crippen molar-refractivity contribution in [2.75, 3.05) is 53.5 Å². The molecule has 3 rings (SSSR count). The predicted molar refractivity (Wildman–Crippen MR) is 160 cm³/mol. The summed E-state index contributed by atoms with van der Waals surface area (Å²) in [4.78, 5) is 8.68. The van der Waals surface area contributed by atoms with E-state index in [1.165, 1.54) is 0 Å². The lowest BCUT2D eigenvalue weighted by Gasteiger charge is -2.09. The van der Waals surface area contributed by atoms with Crippen molar-refractivity contribution in [3.8, 4) is 11.5 Å². The fraction of sp³-hybridized carbons (Fsp3) is 0.414. The molecule has 7 N–H and O–H groups in total. The molecule has 0 unspecified atom stereocenters. The fourth-order valence-electron chi connectivity index (χ4n) is 3.88. The van der Waals surface area contributed by atoms with Crippen molar-refractivity contribution in [1.29, 1.82) is 5.41 Å². The molecule has 11 heteroatoms. The Kier molecular flexibility index (Phi) is 12.8. The van der Waals surface area contributed by atoms with Crippen molar-refractivity contribution in [2.45, 2.75) is 25.9 Å². The predicted octanol–water partition coefficient (Wildman–Crippen LogP) is 1.56. The highest BCUT2D eigenvalue weighted by Gasteiger charge is 2.04. The van der Waals surface area contributed by atoms with Crippen LogP contribution in [0.1, 0.15) is 24.0 Å². The minimum absolute atomic E-state index is 0.467. The van der Waals surface area contributed by atoms with E-state index in [1.807, 2.05) is 84.2 Å². The van der Waals surface area contributed by atoms with Crippen LogP contribution in [-0.4, -0.2) is 74.3 Å². The maximum Gasteiger partial charge on any atom is 0.202 e. The number of nitrogens with two attached hydrogens (primary N) is 2. The zero-order valence-corrected chi connectivity index (χ0v) is 23.6. The lowest BCUT2D eigenvalue weighted by molar-refractivity contribution is 0.296. The normalized spacial score (nSPS) is 12.1. The molecule has 11 nitrogen and oxygen atoms in total. The number of nitrogens with one attached hydrogen (secondary N) is 3. The number of aliphatic imine (C=N–C) groups is 2. The summed E-state index contributed by atoms with van der Waals surface area (Å²) in [6, 6.07) is 15.3. The third-order valence-corrected chi connectivity index (χ3v) is 6.18. The third kappa shape index (κ3) is 9.90. The molecule has 0 aliphatic rings. The second-order valence-electron chi connectivity index (χ2n) is 9.20. The van der Waals surface area contributed by atoms with Crippen LogP contribution < -0.4 is 37.2 Å². The molecular weight excluding hydrogens is 506 g/mol. The standard InChI is InChI=1S/C29H43N9O2/c1-33-13-15-35-27(30)23-5-9-25(10-6-23)39-21-3-17-37-19-20-38(29(37)32)18-4-22-40-26-11-7-24(8-12-26)28(31)36-16-14-34-2/h5-12,19-20,32-34H,3-4,13-18,21-22H2,1-2H3,(H2,30,35)(H2,31,36). The quantitative estimate of drug-likeness (QED) is 0.0922. The molecule has 0 radical (unpaired) electrons. The largest absolute Gasteiger partial charge is 0.494 e. The third-order valence-electron chi connectivity index (χ3n) is 6.18. The van der Waals surface area contributed by atoms with E-state index in [0.717, 1.165) is 48.6 Å². The Hall–Kier alpha value is -4.09. The maximum absolute atomic E-state index is 8.46. The van der Waals surface area contributed by atoms with Gasteiger partial charge in [-0.1, -0.05) is 0 Å². The number of imidazole rings is 1. The Morgan fingerprint density at radius 3 is 1.50 bits per heavy atom. The molecule has 0 spiro atoms. The van der Waals surface area contributed by atoms with Crippen LogP contribution in [0.4, 0.5) is 0 Å². The Morgan fingerprint density at radius 2 is 1.12 bits per heavy atom. The molecule has 0 amide bonds. The Bertz CT molecular complexity index is 1170. The van der Waals surface area contributed by atoms with E-state index in [2.05, 4.69) is 20.6 Å². The number of nitrogens with zero attached hydrogens (tertiary/aromatic N) is 4. The second kappa shape index (κ2) is 16.8. The molecule has 0 saturated heterocycles. The number of amidine groups is 2. The van der Waals surface area contributed by atoms with Crippen LogP contribution in [-0.2, 0) is 13.1 Å². The van der Waals surface area contributed by atoms with E-state index in [9.17, 15) is 0 Å².